The number of fused-ring (bicyclic) bond motifs is 4. The SMILES string of the molecule is NC(=O)c1cc2c(c(F)c1-c1c(Cl)c(F)cc3c1C[C@](c1ccccc1)([C@@H]1CCCN1)O3)OCc1cn[nH]c1-2. The Morgan fingerprint density at radius 3 is 2.74 bits per heavy atom. The first-order valence-corrected chi connectivity index (χ1v) is 13.1. The van der Waals surface area contributed by atoms with Crippen LogP contribution in [0.3, 0.4) is 0 Å². The number of primary amides is 1. The molecule has 3 aliphatic rings. The van der Waals surface area contributed by atoms with Gasteiger partial charge in [-0.05, 0) is 31.0 Å². The zero-order valence-corrected chi connectivity index (χ0v) is 21.4. The molecule has 4 aromatic rings. The topological polar surface area (TPSA) is 102 Å². The number of halogens is 3. The van der Waals surface area contributed by atoms with Gasteiger partial charge in [0.05, 0.1) is 28.5 Å². The fourth-order valence-electron chi connectivity index (χ4n) is 6.22. The summed E-state index contributed by atoms with van der Waals surface area (Å²) in [6.45, 7) is 0.896. The van der Waals surface area contributed by atoms with Crippen LogP contribution in [0.2, 0.25) is 5.02 Å². The van der Waals surface area contributed by atoms with Crippen LogP contribution in [-0.2, 0) is 18.6 Å². The summed E-state index contributed by atoms with van der Waals surface area (Å²) in [4.78, 5) is 12.7. The summed E-state index contributed by atoms with van der Waals surface area (Å²) in [7, 11) is 0. The summed E-state index contributed by atoms with van der Waals surface area (Å²) in [5.74, 6) is -2.39. The number of hydrogen-bond acceptors (Lipinski definition) is 5. The highest BCUT2D eigenvalue weighted by Gasteiger charge is 2.50. The lowest BCUT2D eigenvalue weighted by atomic mass is 9.80. The summed E-state index contributed by atoms with van der Waals surface area (Å²) < 4.78 is 44.2. The minimum Gasteiger partial charge on any atom is -0.485 e. The van der Waals surface area contributed by atoms with Crippen LogP contribution in [0, 0.1) is 11.6 Å². The molecule has 10 heteroatoms. The Balaban J connectivity index is 1.48. The molecule has 0 saturated carbocycles. The van der Waals surface area contributed by atoms with Gasteiger partial charge in [0.1, 0.15) is 18.2 Å². The van der Waals surface area contributed by atoms with E-state index in [2.05, 4.69) is 15.5 Å². The molecule has 4 N–H and O–H groups in total. The second-order valence-electron chi connectivity index (χ2n) is 10.1. The maximum atomic E-state index is 16.5. The number of rotatable bonds is 4. The van der Waals surface area contributed by atoms with Gasteiger partial charge < -0.3 is 20.5 Å². The number of carbonyl (C=O) groups excluding carboxylic acids is 1. The monoisotopic (exact) mass is 548 g/mol. The van der Waals surface area contributed by atoms with Gasteiger partial charge in [-0.15, -0.1) is 0 Å². The van der Waals surface area contributed by atoms with Gasteiger partial charge in [0.25, 0.3) is 0 Å². The van der Waals surface area contributed by atoms with E-state index in [0.717, 1.165) is 24.9 Å². The van der Waals surface area contributed by atoms with E-state index >= 15 is 8.78 Å². The Morgan fingerprint density at radius 1 is 1.18 bits per heavy atom. The molecule has 1 amide bonds. The fourth-order valence-corrected chi connectivity index (χ4v) is 6.49. The second kappa shape index (κ2) is 8.79. The molecule has 3 aliphatic heterocycles. The van der Waals surface area contributed by atoms with Crippen LogP contribution in [0.15, 0.2) is 48.7 Å². The summed E-state index contributed by atoms with van der Waals surface area (Å²) in [6.07, 6.45) is 3.65. The van der Waals surface area contributed by atoms with E-state index in [4.69, 9.17) is 26.8 Å². The maximum Gasteiger partial charge on any atom is 0.249 e. The van der Waals surface area contributed by atoms with Gasteiger partial charge in [0, 0.05) is 40.3 Å². The minimum atomic E-state index is -0.891. The van der Waals surface area contributed by atoms with Crippen molar-refractivity contribution in [2.75, 3.05) is 6.54 Å². The standard InChI is InChI=1S/C29H23ClF2N4O3/c30-24-19(31)10-20-18(11-29(39-20,21-7-4-8-34-21)15-5-2-1-3-6-15)22(24)23-16(28(33)37)9-17-26-14(12-35-36-26)13-38-27(17)25(23)32/h1-3,5-6,9-10,12,21,34H,4,7-8,11,13H2,(H2,33,37)(H,35,36)/t21-,29-/m0/s1. The Kier molecular flexibility index (Phi) is 5.43. The average Bonchev–Trinajstić information content (AvgIpc) is 3.70. The van der Waals surface area contributed by atoms with E-state index in [1.165, 1.54) is 12.1 Å². The van der Waals surface area contributed by atoms with Crippen molar-refractivity contribution in [3.8, 4) is 33.9 Å². The third-order valence-corrected chi connectivity index (χ3v) is 8.37. The van der Waals surface area contributed by atoms with Crippen molar-refractivity contribution in [1.29, 1.82) is 0 Å². The highest BCUT2D eigenvalue weighted by Crippen LogP contribution is 2.53. The van der Waals surface area contributed by atoms with E-state index in [1.54, 1.807) is 6.20 Å². The maximum absolute atomic E-state index is 16.5. The summed E-state index contributed by atoms with van der Waals surface area (Å²) >= 11 is 6.58. The highest BCUT2D eigenvalue weighted by atomic mass is 35.5. The number of carbonyl (C=O) groups is 1. The average molecular weight is 549 g/mol. The van der Waals surface area contributed by atoms with E-state index in [-0.39, 0.29) is 52.3 Å². The molecule has 1 saturated heterocycles. The van der Waals surface area contributed by atoms with E-state index in [9.17, 15) is 4.79 Å². The Labute approximate surface area is 227 Å². The van der Waals surface area contributed by atoms with Crippen molar-refractivity contribution in [2.45, 2.75) is 37.5 Å². The Bertz CT molecular complexity index is 1650. The van der Waals surface area contributed by atoms with Crippen LogP contribution in [-0.4, -0.2) is 28.7 Å². The number of benzene rings is 3. The molecule has 1 fully saturated rings. The number of ether oxygens (including phenoxy) is 2. The predicted octanol–water partition coefficient (Wildman–Crippen LogP) is 5.25. The first kappa shape index (κ1) is 24.1. The van der Waals surface area contributed by atoms with Crippen molar-refractivity contribution in [3.05, 3.63) is 87.6 Å². The molecule has 7 nitrogen and oxygen atoms in total. The van der Waals surface area contributed by atoms with Crippen molar-refractivity contribution in [1.82, 2.24) is 15.5 Å². The van der Waals surface area contributed by atoms with Crippen LogP contribution in [0.1, 0.15) is 39.9 Å². The Hall–Kier alpha value is -3.95. The zero-order valence-electron chi connectivity index (χ0n) is 20.6. The van der Waals surface area contributed by atoms with Gasteiger partial charge in [-0.2, -0.15) is 5.10 Å². The van der Waals surface area contributed by atoms with Crippen molar-refractivity contribution >= 4 is 17.5 Å². The number of aromatic nitrogens is 2. The van der Waals surface area contributed by atoms with Gasteiger partial charge in [-0.25, -0.2) is 8.78 Å². The van der Waals surface area contributed by atoms with Gasteiger partial charge in [0.2, 0.25) is 5.91 Å². The van der Waals surface area contributed by atoms with Crippen molar-refractivity contribution in [3.63, 3.8) is 0 Å². The Morgan fingerprint density at radius 2 is 2.00 bits per heavy atom. The normalized spacial score (nSPS) is 21.1. The lowest BCUT2D eigenvalue weighted by Gasteiger charge is -2.35. The third-order valence-electron chi connectivity index (χ3n) is 8.00. The molecule has 0 radical (unpaired) electrons. The number of H-pyrrole nitrogens is 1. The number of hydrogen-bond donors (Lipinski definition) is 3. The van der Waals surface area contributed by atoms with Gasteiger partial charge in [-0.3, -0.25) is 9.89 Å². The first-order valence-electron chi connectivity index (χ1n) is 12.7. The van der Waals surface area contributed by atoms with Crippen molar-refractivity contribution < 1.29 is 23.0 Å². The van der Waals surface area contributed by atoms with Gasteiger partial charge in [-0.1, -0.05) is 41.9 Å². The number of nitrogens with one attached hydrogen (secondary N) is 2. The highest BCUT2D eigenvalue weighted by molar-refractivity contribution is 6.34. The van der Waals surface area contributed by atoms with Crippen LogP contribution in [0.25, 0.3) is 22.4 Å². The van der Waals surface area contributed by atoms with E-state index in [1.807, 2.05) is 30.3 Å². The molecule has 4 heterocycles. The van der Waals surface area contributed by atoms with Crippen LogP contribution in [0.5, 0.6) is 11.5 Å². The van der Waals surface area contributed by atoms with Crippen molar-refractivity contribution in [2.24, 2.45) is 5.73 Å². The van der Waals surface area contributed by atoms with Crippen LogP contribution >= 0.6 is 11.6 Å². The second-order valence-corrected chi connectivity index (χ2v) is 10.5. The lowest BCUT2D eigenvalue weighted by Crippen LogP contribution is -2.48. The van der Waals surface area contributed by atoms with Crippen LogP contribution < -0.4 is 20.5 Å². The largest absolute Gasteiger partial charge is 0.485 e. The molecule has 0 spiro atoms. The molecule has 7 rings (SSSR count). The molecule has 2 atom stereocenters. The molecule has 198 valence electrons. The molecular weight excluding hydrogens is 526 g/mol. The molecule has 39 heavy (non-hydrogen) atoms. The van der Waals surface area contributed by atoms with Gasteiger partial charge >= 0.3 is 0 Å². The number of amides is 1. The fraction of sp³-hybridized carbons (Fsp3) is 0.241. The first-order chi connectivity index (χ1) is 18.9. The number of aromatic amines is 1. The minimum absolute atomic E-state index is 0.0376. The van der Waals surface area contributed by atoms with Gasteiger partial charge in [0.15, 0.2) is 17.2 Å². The summed E-state index contributed by atoms with van der Waals surface area (Å²) in [5.41, 5.74) is 7.51. The van der Waals surface area contributed by atoms with E-state index < -0.39 is 23.1 Å². The molecule has 1 aromatic heterocycles. The number of nitrogens with zero attached hydrogens (tertiary/aromatic N) is 1. The van der Waals surface area contributed by atoms with E-state index in [0.29, 0.717) is 22.4 Å². The lowest BCUT2D eigenvalue weighted by molar-refractivity contribution is 0.0539. The molecule has 0 aliphatic carbocycles. The summed E-state index contributed by atoms with van der Waals surface area (Å²) in [5, 5.41) is 10.0. The van der Waals surface area contributed by atoms with Crippen LogP contribution in [0.4, 0.5) is 8.78 Å². The smallest absolute Gasteiger partial charge is 0.249 e. The third kappa shape index (κ3) is 3.49. The number of nitrogens with two attached hydrogens (primary N) is 1. The quantitative estimate of drug-likeness (QED) is 0.323. The zero-order chi connectivity index (χ0) is 26.9. The molecule has 0 bridgehead atoms. The molecule has 0 unspecified atom stereocenters. The molecular formula is C29H23ClF2N4O3. The predicted molar refractivity (Wildman–Crippen MR) is 141 cm³/mol. The molecule has 3 aromatic carbocycles. The summed E-state index contributed by atoms with van der Waals surface area (Å²) in [6, 6.07) is 12.3.